The molecule has 1 saturated heterocycles. The Morgan fingerprint density at radius 2 is 2.14 bits per heavy atom. The highest BCUT2D eigenvalue weighted by atomic mass is 16.5. The molecule has 0 bridgehead atoms. The Morgan fingerprint density at radius 3 is 2.82 bits per heavy atom. The molecule has 1 atom stereocenters. The Hall–Kier alpha value is -1.79. The number of ether oxygens (including phenoxy) is 3. The molecular formula is C16H24N2O4. The van der Waals surface area contributed by atoms with Gasteiger partial charge < -0.3 is 19.5 Å². The zero-order valence-electron chi connectivity index (χ0n) is 13.4. The van der Waals surface area contributed by atoms with Gasteiger partial charge in [0.05, 0.1) is 33.5 Å². The molecule has 1 fully saturated rings. The average Bonchev–Trinajstić information content (AvgIpc) is 2.52. The van der Waals surface area contributed by atoms with E-state index in [9.17, 15) is 4.79 Å². The number of carbonyl (C=O) groups is 1. The molecule has 1 aromatic rings. The Bertz CT molecular complexity index is 507. The molecule has 1 aromatic carbocycles. The summed E-state index contributed by atoms with van der Waals surface area (Å²) in [7, 11) is 3.20. The predicted octanol–water partition coefficient (Wildman–Crippen LogP) is 1.04. The van der Waals surface area contributed by atoms with E-state index < -0.39 is 0 Å². The topological polar surface area (TPSA) is 60.0 Å². The van der Waals surface area contributed by atoms with E-state index in [1.165, 1.54) is 0 Å². The Labute approximate surface area is 131 Å². The molecule has 0 saturated carbocycles. The van der Waals surface area contributed by atoms with Crippen LogP contribution in [0.2, 0.25) is 0 Å². The van der Waals surface area contributed by atoms with Crippen molar-refractivity contribution in [2.45, 2.75) is 19.6 Å². The number of carbonyl (C=O) groups excluding carboxylic acids is 1. The van der Waals surface area contributed by atoms with E-state index in [4.69, 9.17) is 14.2 Å². The lowest BCUT2D eigenvalue weighted by molar-refractivity contribution is -0.124. The van der Waals surface area contributed by atoms with Crippen LogP contribution < -0.4 is 14.8 Å². The van der Waals surface area contributed by atoms with Crippen molar-refractivity contribution in [2.24, 2.45) is 0 Å². The summed E-state index contributed by atoms with van der Waals surface area (Å²) in [4.78, 5) is 14.1. The van der Waals surface area contributed by atoms with Crippen LogP contribution in [0.4, 0.5) is 0 Å². The van der Waals surface area contributed by atoms with Gasteiger partial charge in [-0.2, -0.15) is 0 Å². The normalized spacial score (nSPS) is 18.8. The van der Waals surface area contributed by atoms with Crippen LogP contribution in [0.5, 0.6) is 11.5 Å². The van der Waals surface area contributed by atoms with Gasteiger partial charge in [0.25, 0.3) is 0 Å². The van der Waals surface area contributed by atoms with Crippen molar-refractivity contribution in [1.29, 1.82) is 0 Å². The number of benzene rings is 1. The Morgan fingerprint density at radius 1 is 1.36 bits per heavy atom. The quantitative estimate of drug-likeness (QED) is 0.851. The first-order chi connectivity index (χ1) is 10.6. The second-order valence-electron chi connectivity index (χ2n) is 5.38. The number of hydrogen-bond donors (Lipinski definition) is 1. The first-order valence-corrected chi connectivity index (χ1v) is 7.44. The fourth-order valence-corrected chi connectivity index (χ4v) is 2.48. The lowest BCUT2D eigenvalue weighted by Gasteiger charge is -2.30. The molecule has 0 radical (unpaired) electrons. The minimum Gasteiger partial charge on any atom is -0.493 e. The largest absolute Gasteiger partial charge is 0.493 e. The van der Waals surface area contributed by atoms with Crippen LogP contribution in [0.3, 0.4) is 0 Å². The van der Waals surface area contributed by atoms with Crippen LogP contribution in [-0.2, 0) is 16.1 Å². The van der Waals surface area contributed by atoms with E-state index in [-0.39, 0.29) is 12.0 Å². The first kappa shape index (κ1) is 16.6. The number of methoxy groups -OCH3 is 2. The number of amides is 1. The van der Waals surface area contributed by atoms with E-state index in [2.05, 4.69) is 10.2 Å². The van der Waals surface area contributed by atoms with Gasteiger partial charge in [-0.25, -0.2) is 0 Å². The SMILES string of the molecule is COc1ccc(CNC(=O)CN2CCO[C@H](C)C2)cc1OC. The number of nitrogens with one attached hydrogen (secondary N) is 1. The molecule has 1 aliphatic rings. The van der Waals surface area contributed by atoms with Gasteiger partial charge in [-0.15, -0.1) is 0 Å². The Kier molecular flexibility index (Phi) is 6.03. The lowest BCUT2D eigenvalue weighted by Crippen LogP contribution is -2.45. The van der Waals surface area contributed by atoms with Crippen molar-refractivity contribution >= 4 is 5.91 Å². The number of nitrogens with zero attached hydrogens (tertiary/aromatic N) is 1. The van der Waals surface area contributed by atoms with Gasteiger partial charge in [0.1, 0.15) is 0 Å². The minimum atomic E-state index is 0.0175. The van der Waals surface area contributed by atoms with Crippen molar-refractivity contribution in [3.05, 3.63) is 23.8 Å². The van der Waals surface area contributed by atoms with Crippen molar-refractivity contribution in [3.8, 4) is 11.5 Å². The van der Waals surface area contributed by atoms with Gasteiger partial charge in [-0.1, -0.05) is 6.07 Å². The van der Waals surface area contributed by atoms with Gasteiger partial charge in [0, 0.05) is 19.6 Å². The molecule has 0 aliphatic carbocycles. The van der Waals surface area contributed by atoms with Gasteiger partial charge >= 0.3 is 0 Å². The zero-order chi connectivity index (χ0) is 15.9. The van der Waals surface area contributed by atoms with Crippen LogP contribution >= 0.6 is 0 Å². The second-order valence-corrected chi connectivity index (χ2v) is 5.38. The van der Waals surface area contributed by atoms with Crippen LogP contribution in [0.1, 0.15) is 12.5 Å². The number of morpholine rings is 1. The summed E-state index contributed by atoms with van der Waals surface area (Å²) in [5.41, 5.74) is 0.973. The predicted molar refractivity (Wildman–Crippen MR) is 83.2 cm³/mol. The van der Waals surface area contributed by atoms with E-state index >= 15 is 0 Å². The fraction of sp³-hybridized carbons (Fsp3) is 0.562. The minimum absolute atomic E-state index is 0.0175. The molecule has 1 N–H and O–H groups in total. The first-order valence-electron chi connectivity index (χ1n) is 7.44. The highest BCUT2D eigenvalue weighted by molar-refractivity contribution is 5.78. The van der Waals surface area contributed by atoms with Crippen molar-refractivity contribution in [1.82, 2.24) is 10.2 Å². The summed E-state index contributed by atoms with van der Waals surface area (Å²) < 4.78 is 15.9. The van der Waals surface area contributed by atoms with Crippen LogP contribution in [0, 0.1) is 0 Å². The van der Waals surface area contributed by atoms with Crippen molar-refractivity contribution in [2.75, 3.05) is 40.5 Å². The molecule has 1 heterocycles. The van der Waals surface area contributed by atoms with E-state index in [0.29, 0.717) is 31.2 Å². The summed E-state index contributed by atoms with van der Waals surface area (Å²) in [6.07, 6.45) is 0.187. The van der Waals surface area contributed by atoms with Gasteiger partial charge in [0.15, 0.2) is 11.5 Å². The molecule has 2 rings (SSSR count). The molecule has 122 valence electrons. The molecule has 0 spiro atoms. The molecule has 0 aromatic heterocycles. The van der Waals surface area contributed by atoms with E-state index in [0.717, 1.165) is 18.7 Å². The molecular weight excluding hydrogens is 284 g/mol. The molecule has 6 heteroatoms. The summed E-state index contributed by atoms with van der Waals surface area (Å²) in [6, 6.07) is 5.62. The van der Waals surface area contributed by atoms with Gasteiger partial charge in [-0.05, 0) is 24.6 Å². The second kappa shape index (κ2) is 8.00. The maximum absolute atomic E-state index is 12.0. The summed E-state index contributed by atoms with van der Waals surface area (Å²) in [5, 5.41) is 2.93. The number of hydrogen-bond acceptors (Lipinski definition) is 5. The van der Waals surface area contributed by atoms with E-state index in [1.807, 2.05) is 25.1 Å². The summed E-state index contributed by atoms with van der Waals surface area (Å²) in [5.74, 6) is 1.36. The monoisotopic (exact) mass is 308 g/mol. The molecule has 22 heavy (non-hydrogen) atoms. The molecule has 0 unspecified atom stereocenters. The maximum atomic E-state index is 12.0. The molecule has 6 nitrogen and oxygen atoms in total. The molecule has 1 aliphatic heterocycles. The third-order valence-corrected chi connectivity index (χ3v) is 3.63. The van der Waals surface area contributed by atoms with Crippen molar-refractivity contribution in [3.63, 3.8) is 0 Å². The van der Waals surface area contributed by atoms with Gasteiger partial charge in [-0.3, -0.25) is 9.69 Å². The maximum Gasteiger partial charge on any atom is 0.234 e. The standard InChI is InChI=1S/C16H24N2O4/c1-12-10-18(6-7-22-12)11-16(19)17-9-13-4-5-14(20-2)15(8-13)21-3/h4-5,8,12H,6-7,9-11H2,1-3H3,(H,17,19)/t12-/m1/s1. The lowest BCUT2D eigenvalue weighted by atomic mass is 10.2. The highest BCUT2D eigenvalue weighted by Gasteiger charge is 2.18. The van der Waals surface area contributed by atoms with Crippen molar-refractivity contribution < 1.29 is 19.0 Å². The zero-order valence-corrected chi connectivity index (χ0v) is 13.4. The smallest absolute Gasteiger partial charge is 0.234 e. The third kappa shape index (κ3) is 4.61. The van der Waals surface area contributed by atoms with Crippen LogP contribution in [-0.4, -0.2) is 57.4 Å². The highest BCUT2D eigenvalue weighted by Crippen LogP contribution is 2.27. The van der Waals surface area contributed by atoms with Gasteiger partial charge in [0.2, 0.25) is 5.91 Å². The average molecular weight is 308 g/mol. The summed E-state index contributed by atoms with van der Waals surface area (Å²) in [6.45, 7) is 5.18. The number of rotatable bonds is 6. The third-order valence-electron chi connectivity index (χ3n) is 3.63. The molecule has 1 amide bonds. The summed E-state index contributed by atoms with van der Waals surface area (Å²) >= 11 is 0. The van der Waals surface area contributed by atoms with E-state index in [1.54, 1.807) is 14.2 Å². The Balaban J connectivity index is 1.83. The van der Waals surface area contributed by atoms with Crippen LogP contribution in [0.15, 0.2) is 18.2 Å². The fourth-order valence-electron chi connectivity index (χ4n) is 2.48. The van der Waals surface area contributed by atoms with Crippen LogP contribution in [0.25, 0.3) is 0 Å².